The minimum atomic E-state index is -0.689. The van der Waals surface area contributed by atoms with Crippen molar-refractivity contribution >= 4 is 17.6 Å². The first-order valence-corrected chi connectivity index (χ1v) is 10.4. The van der Waals surface area contributed by atoms with Crippen molar-refractivity contribution < 1.29 is 14.4 Å². The first-order chi connectivity index (χ1) is 12.9. The summed E-state index contributed by atoms with van der Waals surface area (Å²) in [6.45, 7) is 19.1. The molecule has 29 heavy (non-hydrogen) atoms. The molecule has 0 saturated carbocycles. The molecule has 6 heteroatoms. The van der Waals surface area contributed by atoms with E-state index in [2.05, 4.69) is 10.6 Å². The van der Waals surface area contributed by atoms with E-state index in [0.717, 1.165) is 0 Å². The molecule has 168 valence electrons. The molecule has 0 aromatic rings. The molecule has 0 aliphatic carbocycles. The maximum absolute atomic E-state index is 13.5. The van der Waals surface area contributed by atoms with E-state index in [1.54, 1.807) is 25.9 Å². The Bertz CT molecular complexity index is 624. The summed E-state index contributed by atoms with van der Waals surface area (Å²) in [4.78, 5) is 39.8. The third-order valence-electron chi connectivity index (χ3n) is 5.27. The average Bonchev–Trinajstić information content (AvgIpc) is 2.53. The first kappa shape index (κ1) is 27.3. The second kappa shape index (κ2) is 10.4. The lowest BCUT2D eigenvalue weighted by atomic mass is 9.83. The summed E-state index contributed by atoms with van der Waals surface area (Å²) in [5.41, 5.74) is -0.140. The zero-order chi connectivity index (χ0) is 23.3. The maximum Gasteiger partial charge on any atom is 0.245 e. The fourth-order valence-corrected chi connectivity index (χ4v) is 3.31. The van der Waals surface area contributed by atoms with Crippen LogP contribution in [0.3, 0.4) is 0 Å². The van der Waals surface area contributed by atoms with Gasteiger partial charge < -0.3 is 15.5 Å². The molecule has 0 aromatic carbocycles. The van der Waals surface area contributed by atoms with Gasteiger partial charge in [-0.1, -0.05) is 61.5 Å². The van der Waals surface area contributed by atoms with Gasteiger partial charge in [-0.25, -0.2) is 0 Å². The number of nitrogens with one attached hydrogen (secondary N) is 2. The van der Waals surface area contributed by atoms with Gasteiger partial charge in [-0.2, -0.15) is 0 Å². The number of amides is 2. The highest BCUT2D eigenvalue weighted by molar-refractivity contribution is 5.93. The number of rotatable bonds is 8. The molecule has 0 fully saturated rings. The Kier molecular flexibility index (Phi) is 9.77. The summed E-state index contributed by atoms with van der Waals surface area (Å²) >= 11 is 0. The topological polar surface area (TPSA) is 78.5 Å². The molecule has 2 N–H and O–H groups in total. The number of carbonyl (C=O) groups excluding carboxylic acids is 3. The molecule has 0 aliphatic rings. The van der Waals surface area contributed by atoms with Crippen molar-refractivity contribution in [1.29, 1.82) is 0 Å². The number of hydrogen-bond acceptors (Lipinski definition) is 4. The van der Waals surface area contributed by atoms with E-state index in [9.17, 15) is 14.4 Å². The molecule has 0 radical (unpaired) electrons. The predicted octanol–water partition coefficient (Wildman–Crippen LogP) is 3.17. The molecule has 0 aliphatic heterocycles. The van der Waals surface area contributed by atoms with Gasteiger partial charge in [-0.15, -0.1) is 0 Å². The van der Waals surface area contributed by atoms with Gasteiger partial charge in [0, 0.05) is 7.05 Å². The zero-order valence-corrected chi connectivity index (χ0v) is 20.6. The van der Waals surface area contributed by atoms with Crippen LogP contribution in [-0.2, 0) is 14.4 Å². The molecule has 0 rings (SSSR count). The smallest absolute Gasteiger partial charge is 0.245 e. The first-order valence-electron chi connectivity index (χ1n) is 10.4. The molecule has 3 atom stereocenters. The van der Waals surface area contributed by atoms with Crippen LogP contribution in [0.5, 0.6) is 0 Å². The lowest BCUT2D eigenvalue weighted by Gasteiger charge is -2.39. The van der Waals surface area contributed by atoms with Crippen LogP contribution in [0.25, 0.3) is 0 Å². The quantitative estimate of drug-likeness (QED) is 0.604. The average molecular weight is 410 g/mol. The minimum absolute atomic E-state index is 0.0146. The summed E-state index contributed by atoms with van der Waals surface area (Å²) < 4.78 is 0. The number of carbonyl (C=O) groups is 3. The predicted molar refractivity (Wildman–Crippen MR) is 120 cm³/mol. The van der Waals surface area contributed by atoms with Crippen molar-refractivity contribution in [3.05, 3.63) is 11.6 Å². The highest BCUT2D eigenvalue weighted by Gasteiger charge is 2.39. The van der Waals surface area contributed by atoms with E-state index in [4.69, 9.17) is 0 Å². The number of allylic oxidation sites excluding steroid dienone is 1. The van der Waals surface area contributed by atoms with Crippen molar-refractivity contribution in [1.82, 2.24) is 15.5 Å². The monoisotopic (exact) mass is 409 g/mol. The number of ketones is 1. The van der Waals surface area contributed by atoms with Crippen LogP contribution in [0, 0.1) is 16.7 Å². The Labute approximate surface area is 177 Å². The number of likely N-dealkylation sites (N-methyl/N-ethyl adjacent to an activating group) is 2. The van der Waals surface area contributed by atoms with E-state index in [0.29, 0.717) is 5.57 Å². The van der Waals surface area contributed by atoms with Crippen LogP contribution in [0.4, 0.5) is 0 Å². The molecule has 0 spiro atoms. The molecule has 6 nitrogen and oxygen atoms in total. The fraction of sp³-hybridized carbons (Fsp3) is 0.783. The second-order valence-electron chi connectivity index (χ2n) is 10.5. The Morgan fingerprint density at radius 3 is 1.66 bits per heavy atom. The standard InChI is InChI=1S/C23H43N3O3/c1-14(2)17(13-15(3)16(4)27)26(12)21(29)19(23(8,9)10)25-20(28)18(24-11)22(5,6)7/h13-14,17-19,24H,1-12H3,(H,25,28)/b15-13+/t17-,18-,19-/m1/s1. The van der Waals surface area contributed by atoms with Crippen molar-refractivity contribution in [2.75, 3.05) is 14.1 Å². The number of nitrogens with zero attached hydrogens (tertiary/aromatic N) is 1. The molecule has 0 heterocycles. The van der Waals surface area contributed by atoms with E-state index in [1.807, 2.05) is 61.5 Å². The SMILES string of the molecule is CN[C@H](C(=O)N[C@H](C(=O)N(C)[C@H](/C=C(\C)C(C)=O)C(C)C)C(C)(C)C)C(C)(C)C. The summed E-state index contributed by atoms with van der Waals surface area (Å²) in [6, 6.07) is -1.35. The lowest BCUT2D eigenvalue weighted by molar-refractivity contribution is -0.141. The van der Waals surface area contributed by atoms with Gasteiger partial charge in [0.2, 0.25) is 11.8 Å². The van der Waals surface area contributed by atoms with Crippen LogP contribution in [0.2, 0.25) is 0 Å². The molecule has 0 bridgehead atoms. The Morgan fingerprint density at radius 2 is 1.34 bits per heavy atom. The maximum atomic E-state index is 13.5. The Balaban J connectivity index is 5.89. The molecule has 0 aromatic heterocycles. The fourth-order valence-electron chi connectivity index (χ4n) is 3.31. The van der Waals surface area contributed by atoms with Gasteiger partial charge >= 0.3 is 0 Å². The van der Waals surface area contributed by atoms with Crippen molar-refractivity contribution in [3.8, 4) is 0 Å². The molecule has 0 unspecified atom stereocenters. The zero-order valence-electron chi connectivity index (χ0n) is 20.6. The molecule has 0 saturated heterocycles. The Morgan fingerprint density at radius 1 is 0.897 bits per heavy atom. The van der Waals surface area contributed by atoms with Gasteiger partial charge in [-0.05, 0) is 43.2 Å². The summed E-state index contributed by atoms with van der Waals surface area (Å²) in [5.74, 6) is -0.257. The highest BCUT2D eigenvalue weighted by atomic mass is 16.2. The van der Waals surface area contributed by atoms with Crippen molar-refractivity contribution in [2.45, 2.75) is 87.4 Å². The molecular weight excluding hydrogens is 366 g/mol. The van der Waals surface area contributed by atoms with Gasteiger partial charge in [0.1, 0.15) is 6.04 Å². The van der Waals surface area contributed by atoms with E-state index < -0.39 is 17.5 Å². The van der Waals surface area contributed by atoms with Gasteiger partial charge in [0.15, 0.2) is 5.78 Å². The third-order valence-corrected chi connectivity index (χ3v) is 5.27. The largest absolute Gasteiger partial charge is 0.342 e. The normalized spacial score (nSPS) is 16.2. The van der Waals surface area contributed by atoms with Crippen LogP contribution >= 0.6 is 0 Å². The van der Waals surface area contributed by atoms with Crippen molar-refractivity contribution in [3.63, 3.8) is 0 Å². The van der Waals surface area contributed by atoms with Crippen LogP contribution in [-0.4, -0.2) is 54.7 Å². The molecule has 2 amide bonds. The van der Waals surface area contributed by atoms with Gasteiger partial charge in [-0.3, -0.25) is 14.4 Å². The van der Waals surface area contributed by atoms with E-state index >= 15 is 0 Å². The number of hydrogen-bond donors (Lipinski definition) is 2. The lowest BCUT2D eigenvalue weighted by Crippen LogP contribution is -2.60. The van der Waals surface area contributed by atoms with Crippen LogP contribution in [0.1, 0.15) is 69.2 Å². The van der Waals surface area contributed by atoms with Crippen LogP contribution in [0.15, 0.2) is 11.6 Å². The minimum Gasteiger partial charge on any atom is -0.342 e. The summed E-state index contributed by atoms with van der Waals surface area (Å²) in [5, 5.41) is 6.05. The number of Topliss-reactive ketones (excluding diaryl/α,β-unsaturated/α-hetero) is 1. The van der Waals surface area contributed by atoms with Crippen LogP contribution < -0.4 is 10.6 Å². The second-order valence-corrected chi connectivity index (χ2v) is 10.5. The van der Waals surface area contributed by atoms with Gasteiger partial charge in [0.25, 0.3) is 0 Å². The summed E-state index contributed by atoms with van der Waals surface area (Å²) in [7, 11) is 3.49. The Hall–Kier alpha value is -1.69. The highest BCUT2D eigenvalue weighted by Crippen LogP contribution is 2.25. The van der Waals surface area contributed by atoms with E-state index in [1.165, 1.54) is 6.92 Å². The van der Waals surface area contributed by atoms with Crippen molar-refractivity contribution in [2.24, 2.45) is 16.7 Å². The third kappa shape index (κ3) is 7.92. The summed E-state index contributed by atoms with van der Waals surface area (Å²) in [6.07, 6.45) is 1.85. The molecular formula is C23H43N3O3. The van der Waals surface area contributed by atoms with Gasteiger partial charge in [0.05, 0.1) is 12.1 Å². The van der Waals surface area contributed by atoms with E-state index in [-0.39, 0.29) is 35.0 Å².